The lowest BCUT2D eigenvalue weighted by atomic mass is 9.70. The largest absolute Gasteiger partial charge is 0.344 e. The molecule has 0 aliphatic heterocycles. The van der Waals surface area contributed by atoms with E-state index in [1.165, 1.54) is 12.8 Å². The van der Waals surface area contributed by atoms with Gasteiger partial charge in [0.1, 0.15) is 0 Å². The minimum Gasteiger partial charge on any atom is -0.344 e. The molecule has 2 nitrogen and oxygen atoms in total. The molecule has 87 valence electrons. The summed E-state index contributed by atoms with van der Waals surface area (Å²) in [5.41, 5.74) is 0.544. The van der Waals surface area contributed by atoms with E-state index in [0.29, 0.717) is 5.41 Å². The molecular formula is C13H23O2. The quantitative estimate of drug-likeness (QED) is 0.644. The Morgan fingerprint density at radius 1 is 1.27 bits per heavy atom. The fraction of sp³-hybridized carbons (Fsp3) is 1.00. The molecule has 0 N–H and O–H groups in total. The molecule has 0 spiro atoms. The Labute approximate surface area is 93.0 Å². The first-order valence-corrected chi connectivity index (χ1v) is 6.05. The Kier molecular flexibility index (Phi) is 2.27. The zero-order valence-electron chi connectivity index (χ0n) is 10.6. The Hall–Kier alpha value is -0.0800. The predicted molar refractivity (Wildman–Crippen MR) is 58.9 cm³/mol. The first-order valence-electron chi connectivity index (χ1n) is 6.05. The molecule has 15 heavy (non-hydrogen) atoms. The van der Waals surface area contributed by atoms with E-state index >= 15 is 0 Å². The van der Waals surface area contributed by atoms with Crippen LogP contribution in [0.2, 0.25) is 0 Å². The molecule has 3 unspecified atom stereocenters. The van der Waals surface area contributed by atoms with Gasteiger partial charge in [-0.05, 0) is 49.9 Å². The van der Waals surface area contributed by atoms with Crippen molar-refractivity contribution in [3.05, 3.63) is 0 Å². The van der Waals surface area contributed by atoms with Crippen LogP contribution in [0.15, 0.2) is 0 Å². The van der Waals surface area contributed by atoms with E-state index in [2.05, 4.69) is 20.8 Å². The molecule has 0 aromatic rings. The number of ether oxygens (including phenoxy) is 1. The predicted octanol–water partition coefficient (Wildman–Crippen LogP) is 3.38. The van der Waals surface area contributed by atoms with Gasteiger partial charge in [0.15, 0.2) is 5.79 Å². The van der Waals surface area contributed by atoms with E-state index in [4.69, 9.17) is 4.74 Å². The standard InChI is InChI=1S/C13H23O2/c1-11(2)9-6-7-13(11,5)10(8-9)15-12(3,4)14/h9-10H,6-8H2,1-5H3. The summed E-state index contributed by atoms with van der Waals surface area (Å²) in [6.07, 6.45) is 3.77. The summed E-state index contributed by atoms with van der Waals surface area (Å²) >= 11 is 0. The first kappa shape index (κ1) is 11.4. The van der Waals surface area contributed by atoms with Crippen molar-refractivity contribution < 1.29 is 9.84 Å². The number of hydrogen-bond donors (Lipinski definition) is 0. The molecule has 2 aliphatic carbocycles. The van der Waals surface area contributed by atoms with Gasteiger partial charge in [-0.1, -0.05) is 20.8 Å². The van der Waals surface area contributed by atoms with Gasteiger partial charge in [-0.15, -0.1) is 0 Å². The lowest BCUT2D eigenvalue weighted by Crippen LogP contribution is -2.41. The Morgan fingerprint density at radius 3 is 2.20 bits per heavy atom. The van der Waals surface area contributed by atoms with Crippen molar-refractivity contribution in [1.29, 1.82) is 0 Å². The highest BCUT2D eigenvalue weighted by Crippen LogP contribution is 2.66. The normalized spacial score (nSPS) is 43.6. The van der Waals surface area contributed by atoms with Crippen molar-refractivity contribution in [3.8, 4) is 0 Å². The minimum absolute atomic E-state index is 0.166. The molecule has 2 fully saturated rings. The third-order valence-electron chi connectivity index (χ3n) is 5.14. The van der Waals surface area contributed by atoms with Crippen LogP contribution in [0.4, 0.5) is 0 Å². The number of fused-ring (bicyclic) bond motifs is 2. The fourth-order valence-corrected chi connectivity index (χ4v) is 3.65. The van der Waals surface area contributed by atoms with Crippen molar-refractivity contribution in [2.45, 2.75) is 65.8 Å². The lowest BCUT2D eigenvalue weighted by Gasteiger charge is -2.40. The maximum Gasteiger partial charge on any atom is 0.196 e. The molecular weight excluding hydrogens is 188 g/mol. The Morgan fingerprint density at radius 2 is 1.87 bits per heavy atom. The lowest BCUT2D eigenvalue weighted by molar-refractivity contribution is -0.260. The second kappa shape index (κ2) is 2.98. The van der Waals surface area contributed by atoms with Gasteiger partial charge >= 0.3 is 0 Å². The van der Waals surface area contributed by atoms with Crippen LogP contribution in [0.5, 0.6) is 0 Å². The van der Waals surface area contributed by atoms with E-state index in [9.17, 15) is 5.11 Å². The van der Waals surface area contributed by atoms with Gasteiger partial charge in [0.2, 0.25) is 0 Å². The van der Waals surface area contributed by atoms with Crippen molar-refractivity contribution >= 4 is 0 Å². The van der Waals surface area contributed by atoms with Gasteiger partial charge in [0.25, 0.3) is 0 Å². The van der Waals surface area contributed by atoms with Crippen LogP contribution in [0.3, 0.4) is 0 Å². The topological polar surface area (TPSA) is 29.1 Å². The zero-order valence-corrected chi connectivity index (χ0v) is 10.6. The smallest absolute Gasteiger partial charge is 0.196 e. The molecule has 2 bridgehead atoms. The highest BCUT2D eigenvalue weighted by Gasteiger charge is 2.62. The van der Waals surface area contributed by atoms with Gasteiger partial charge in [0, 0.05) is 0 Å². The van der Waals surface area contributed by atoms with Gasteiger partial charge in [-0.25, -0.2) is 0 Å². The average molecular weight is 211 g/mol. The molecule has 1 radical (unpaired) electrons. The van der Waals surface area contributed by atoms with Gasteiger partial charge in [0.05, 0.1) is 6.10 Å². The summed E-state index contributed by atoms with van der Waals surface area (Å²) in [5, 5.41) is 11.7. The molecule has 0 saturated heterocycles. The summed E-state index contributed by atoms with van der Waals surface area (Å²) in [6, 6.07) is 0. The molecule has 2 rings (SSSR count). The van der Waals surface area contributed by atoms with Crippen molar-refractivity contribution in [3.63, 3.8) is 0 Å². The molecule has 2 heteroatoms. The monoisotopic (exact) mass is 211 g/mol. The highest BCUT2D eigenvalue weighted by molar-refractivity contribution is 5.11. The Balaban J connectivity index is 2.19. The third-order valence-corrected chi connectivity index (χ3v) is 5.14. The van der Waals surface area contributed by atoms with E-state index < -0.39 is 5.79 Å². The van der Waals surface area contributed by atoms with Crippen LogP contribution >= 0.6 is 0 Å². The summed E-state index contributed by atoms with van der Waals surface area (Å²) in [4.78, 5) is 0. The van der Waals surface area contributed by atoms with E-state index in [0.717, 1.165) is 12.3 Å². The maximum atomic E-state index is 11.7. The number of rotatable bonds is 2. The fourth-order valence-electron chi connectivity index (χ4n) is 3.65. The zero-order chi connectivity index (χ0) is 11.5. The first-order chi connectivity index (χ1) is 6.67. The summed E-state index contributed by atoms with van der Waals surface area (Å²) in [5.74, 6) is -0.497. The van der Waals surface area contributed by atoms with Crippen molar-refractivity contribution in [2.24, 2.45) is 16.7 Å². The van der Waals surface area contributed by atoms with E-state index in [1.54, 1.807) is 13.8 Å². The van der Waals surface area contributed by atoms with Crippen LogP contribution in [-0.4, -0.2) is 11.9 Å². The molecule has 2 saturated carbocycles. The van der Waals surface area contributed by atoms with Crippen LogP contribution in [0.1, 0.15) is 53.9 Å². The molecule has 0 heterocycles. The minimum atomic E-state index is -1.24. The van der Waals surface area contributed by atoms with Crippen molar-refractivity contribution in [2.75, 3.05) is 0 Å². The van der Waals surface area contributed by atoms with Gasteiger partial charge < -0.3 is 4.74 Å². The van der Waals surface area contributed by atoms with Crippen LogP contribution in [0, 0.1) is 16.7 Å². The summed E-state index contributed by atoms with van der Waals surface area (Å²) in [6.45, 7) is 10.2. The molecule has 0 amide bonds. The highest BCUT2D eigenvalue weighted by atomic mass is 16.6. The van der Waals surface area contributed by atoms with Crippen LogP contribution < -0.4 is 0 Å². The van der Waals surface area contributed by atoms with Crippen LogP contribution in [-0.2, 0) is 9.84 Å². The summed E-state index contributed by atoms with van der Waals surface area (Å²) in [7, 11) is 0. The second-order valence-corrected chi connectivity index (χ2v) is 6.62. The van der Waals surface area contributed by atoms with Crippen LogP contribution in [0.25, 0.3) is 0 Å². The van der Waals surface area contributed by atoms with Crippen molar-refractivity contribution in [1.82, 2.24) is 0 Å². The van der Waals surface area contributed by atoms with Gasteiger partial charge in [-0.2, -0.15) is 5.11 Å². The average Bonchev–Trinajstić information content (AvgIpc) is 2.34. The molecule has 0 aromatic heterocycles. The SMILES string of the molecule is CC(C)([O])OC1CC2CCC1(C)C2(C)C. The molecule has 2 aliphatic rings. The molecule has 3 atom stereocenters. The van der Waals surface area contributed by atoms with Gasteiger partial charge in [-0.3, -0.25) is 0 Å². The van der Waals surface area contributed by atoms with E-state index in [1.807, 2.05) is 0 Å². The summed E-state index contributed by atoms with van der Waals surface area (Å²) < 4.78 is 5.72. The third kappa shape index (κ3) is 1.53. The Bertz CT molecular complexity index is 264. The maximum absolute atomic E-state index is 11.7. The second-order valence-electron chi connectivity index (χ2n) is 6.62. The number of hydrogen-bond acceptors (Lipinski definition) is 1. The molecule has 0 aromatic carbocycles. The van der Waals surface area contributed by atoms with E-state index in [-0.39, 0.29) is 11.5 Å².